The van der Waals surface area contributed by atoms with Gasteiger partial charge in [0.15, 0.2) is 0 Å². The number of benzene rings is 2. The summed E-state index contributed by atoms with van der Waals surface area (Å²) >= 11 is 0. The van der Waals surface area contributed by atoms with E-state index in [1.54, 1.807) is 0 Å². The molecule has 1 atom stereocenters. The Hall–Kier alpha value is -1.68. The van der Waals surface area contributed by atoms with Crippen molar-refractivity contribution in [2.45, 2.75) is 51.9 Å². The van der Waals surface area contributed by atoms with Gasteiger partial charge in [-0.3, -0.25) is 0 Å². The molecule has 1 unspecified atom stereocenters. The second kappa shape index (κ2) is 10.0. The van der Waals surface area contributed by atoms with Crippen LogP contribution in [0.3, 0.4) is 0 Å². The van der Waals surface area contributed by atoms with Crippen LogP contribution in [0.2, 0.25) is 0 Å². The van der Waals surface area contributed by atoms with Crippen LogP contribution >= 0.6 is 0 Å². The van der Waals surface area contributed by atoms with Gasteiger partial charge in [0.2, 0.25) is 0 Å². The molecule has 3 nitrogen and oxygen atoms in total. The van der Waals surface area contributed by atoms with E-state index in [1.165, 1.54) is 36.8 Å². The van der Waals surface area contributed by atoms with Gasteiger partial charge in [0.25, 0.3) is 0 Å². The summed E-state index contributed by atoms with van der Waals surface area (Å²) in [7, 11) is 0. The molecule has 146 valence electrons. The molecule has 0 bridgehead atoms. The zero-order chi connectivity index (χ0) is 19.0. The number of hydrogen-bond donors (Lipinski definition) is 1. The van der Waals surface area contributed by atoms with Crippen LogP contribution in [0.1, 0.15) is 42.4 Å². The van der Waals surface area contributed by atoms with Crippen molar-refractivity contribution in [3.63, 3.8) is 0 Å². The fraction of sp³-hybridized carbons (Fsp3) is 0.500. The van der Waals surface area contributed by atoms with Gasteiger partial charge in [-0.25, -0.2) is 0 Å². The largest absolute Gasteiger partial charge is 0.385 e. The van der Waals surface area contributed by atoms with Gasteiger partial charge < -0.3 is 14.3 Å². The zero-order valence-electron chi connectivity index (χ0n) is 16.6. The minimum absolute atomic E-state index is 0.405. The van der Waals surface area contributed by atoms with Crippen LogP contribution in [-0.2, 0) is 17.9 Å². The Morgan fingerprint density at radius 3 is 2.22 bits per heavy atom. The average molecular weight is 369 g/mol. The van der Waals surface area contributed by atoms with Crippen molar-refractivity contribution in [3.05, 3.63) is 71.3 Å². The van der Waals surface area contributed by atoms with Crippen molar-refractivity contribution in [2.24, 2.45) is 0 Å². The summed E-state index contributed by atoms with van der Waals surface area (Å²) in [5.41, 5.74) is 3.79. The van der Waals surface area contributed by atoms with Crippen LogP contribution in [-0.4, -0.2) is 41.9 Å². The number of aliphatic hydroxyl groups is 1. The van der Waals surface area contributed by atoms with Gasteiger partial charge in [0.05, 0.1) is 26.3 Å². The van der Waals surface area contributed by atoms with Crippen LogP contribution in [0.15, 0.2) is 54.6 Å². The maximum Gasteiger partial charge on any atom is 0.126 e. The molecule has 0 spiro atoms. The lowest BCUT2D eigenvalue weighted by molar-refractivity contribution is -0.943. The number of ether oxygens (including phenoxy) is 1. The summed E-state index contributed by atoms with van der Waals surface area (Å²) < 4.78 is 6.81. The summed E-state index contributed by atoms with van der Waals surface area (Å²) in [6.07, 6.45) is 4.72. The minimum atomic E-state index is -0.419. The van der Waals surface area contributed by atoms with Gasteiger partial charge in [-0.2, -0.15) is 0 Å². The van der Waals surface area contributed by atoms with E-state index >= 15 is 0 Å². The van der Waals surface area contributed by atoms with Crippen molar-refractivity contribution >= 4 is 0 Å². The van der Waals surface area contributed by atoms with E-state index in [1.807, 2.05) is 0 Å². The molecule has 1 aliphatic rings. The lowest BCUT2D eigenvalue weighted by Gasteiger charge is -2.39. The maximum absolute atomic E-state index is 10.7. The topological polar surface area (TPSA) is 29.5 Å². The summed E-state index contributed by atoms with van der Waals surface area (Å²) in [4.78, 5) is 0. The minimum Gasteiger partial charge on any atom is -0.385 e. The molecule has 2 aromatic carbocycles. The van der Waals surface area contributed by atoms with Crippen molar-refractivity contribution in [2.75, 3.05) is 26.2 Å². The van der Waals surface area contributed by atoms with Gasteiger partial charge in [0.1, 0.15) is 19.2 Å². The Morgan fingerprint density at radius 2 is 1.56 bits per heavy atom. The molecule has 3 rings (SSSR count). The molecular formula is C24H34NO2+. The fourth-order valence-electron chi connectivity index (χ4n) is 4.23. The Balaban J connectivity index is 1.56. The fourth-order valence-corrected chi connectivity index (χ4v) is 4.23. The quantitative estimate of drug-likeness (QED) is 0.697. The van der Waals surface area contributed by atoms with E-state index < -0.39 is 6.10 Å². The molecule has 1 saturated heterocycles. The van der Waals surface area contributed by atoms with Crippen LogP contribution in [0.4, 0.5) is 0 Å². The molecule has 27 heavy (non-hydrogen) atoms. The van der Waals surface area contributed by atoms with Crippen LogP contribution in [0, 0.1) is 6.92 Å². The van der Waals surface area contributed by atoms with Crippen LogP contribution < -0.4 is 0 Å². The van der Waals surface area contributed by atoms with Gasteiger partial charge in [0, 0.05) is 5.56 Å². The van der Waals surface area contributed by atoms with Crippen LogP contribution in [0.5, 0.6) is 0 Å². The zero-order valence-corrected chi connectivity index (χ0v) is 16.6. The molecule has 1 heterocycles. The summed E-state index contributed by atoms with van der Waals surface area (Å²) in [6, 6.07) is 19.1. The number of likely N-dealkylation sites (tertiary alicyclic amines) is 1. The standard InChI is InChI=1S/C24H34NO2/c1-21-11-13-23(14-12-21)19-27-20-24(26)18-25(15-7-2-3-8-16-25)17-22-9-5-4-6-10-22/h4-6,9-14,24,26H,2-3,7-8,15-20H2,1H3/q+1. The highest BCUT2D eigenvalue weighted by Gasteiger charge is 2.31. The van der Waals surface area contributed by atoms with E-state index in [9.17, 15) is 5.11 Å². The number of nitrogens with zero attached hydrogens (tertiary/aromatic N) is 1. The molecule has 0 aromatic heterocycles. The molecule has 0 aliphatic carbocycles. The molecule has 1 aliphatic heterocycles. The number of rotatable bonds is 8. The van der Waals surface area contributed by atoms with Crippen molar-refractivity contribution in [1.29, 1.82) is 0 Å². The predicted octanol–water partition coefficient (Wildman–Crippen LogP) is 4.46. The third-order valence-electron chi connectivity index (χ3n) is 5.67. The number of quaternary nitrogens is 1. The second-order valence-electron chi connectivity index (χ2n) is 8.18. The Labute approximate surface area is 164 Å². The summed E-state index contributed by atoms with van der Waals surface area (Å²) in [6.45, 7) is 7.16. The Kier molecular flexibility index (Phi) is 7.45. The second-order valence-corrected chi connectivity index (χ2v) is 8.18. The average Bonchev–Trinajstić information content (AvgIpc) is 2.89. The molecule has 1 fully saturated rings. The molecule has 0 radical (unpaired) electrons. The molecule has 2 aromatic rings. The Bertz CT molecular complexity index is 661. The van der Waals surface area contributed by atoms with E-state index in [0.717, 1.165) is 36.2 Å². The molecule has 3 heteroatoms. The smallest absolute Gasteiger partial charge is 0.126 e. The van der Waals surface area contributed by atoms with E-state index in [0.29, 0.717) is 13.2 Å². The number of aliphatic hydroxyl groups excluding tert-OH is 1. The van der Waals surface area contributed by atoms with Crippen molar-refractivity contribution in [3.8, 4) is 0 Å². The van der Waals surface area contributed by atoms with Crippen molar-refractivity contribution in [1.82, 2.24) is 0 Å². The third-order valence-corrected chi connectivity index (χ3v) is 5.67. The lowest BCUT2D eigenvalue weighted by atomic mass is 10.1. The first kappa shape index (κ1) is 20.1. The molecule has 0 amide bonds. The van der Waals surface area contributed by atoms with E-state index in [-0.39, 0.29) is 0 Å². The summed E-state index contributed by atoms with van der Waals surface area (Å²) in [5.74, 6) is 0. The first-order valence-corrected chi connectivity index (χ1v) is 10.4. The molecular weight excluding hydrogens is 334 g/mol. The van der Waals surface area contributed by atoms with Crippen molar-refractivity contribution < 1.29 is 14.3 Å². The van der Waals surface area contributed by atoms with Gasteiger partial charge in [-0.05, 0) is 38.2 Å². The molecule has 1 N–H and O–H groups in total. The first-order valence-electron chi connectivity index (χ1n) is 10.4. The lowest BCUT2D eigenvalue weighted by Crippen LogP contribution is -2.53. The highest BCUT2D eigenvalue weighted by Crippen LogP contribution is 2.23. The number of aryl methyl sites for hydroxylation is 1. The van der Waals surface area contributed by atoms with E-state index in [2.05, 4.69) is 61.5 Å². The summed E-state index contributed by atoms with van der Waals surface area (Å²) in [5, 5.41) is 10.7. The van der Waals surface area contributed by atoms with E-state index in [4.69, 9.17) is 4.74 Å². The highest BCUT2D eigenvalue weighted by atomic mass is 16.5. The predicted molar refractivity (Wildman–Crippen MR) is 110 cm³/mol. The first-order chi connectivity index (χ1) is 13.2. The van der Waals surface area contributed by atoms with Gasteiger partial charge in [-0.1, -0.05) is 60.2 Å². The highest BCUT2D eigenvalue weighted by molar-refractivity contribution is 5.20. The van der Waals surface area contributed by atoms with Gasteiger partial charge >= 0.3 is 0 Å². The number of hydrogen-bond acceptors (Lipinski definition) is 2. The Morgan fingerprint density at radius 1 is 0.889 bits per heavy atom. The normalized spacial score (nSPS) is 18.0. The third kappa shape index (κ3) is 6.46. The SMILES string of the molecule is Cc1ccc(COCC(O)C[N+]2(Cc3ccccc3)CCCCCC2)cc1. The van der Waals surface area contributed by atoms with Gasteiger partial charge in [-0.15, -0.1) is 0 Å². The maximum atomic E-state index is 10.7. The van der Waals surface area contributed by atoms with Crippen LogP contribution in [0.25, 0.3) is 0 Å². The molecule has 0 saturated carbocycles. The monoisotopic (exact) mass is 368 g/mol.